The van der Waals surface area contributed by atoms with Gasteiger partial charge in [0.2, 0.25) is 0 Å². The minimum Gasteiger partial charge on any atom is -0.205 e. The van der Waals surface area contributed by atoms with Crippen LogP contribution < -0.4 is 0 Å². The molecule has 5 heteroatoms. The van der Waals surface area contributed by atoms with Crippen LogP contribution in [0.1, 0.15) is 20.7 Å². The molecule has 2 aromatic rings. The molecule has 0 N–H and O–H groups in total. The fourth-order valence-corrected chi connectivity index (χ4v) is 4.02. The average Bonchev–Trinajstić information content (AvgIpc) is 2.61. The first kappa shape index (κ1) is 13.3. The van der Waals surface area contributed by atoms with Gasteiger partial charge in [-0.3, -0.25) is 0 Å². The molecule has 0 aliphatic rings. The van der Waals surface area contributed by atoms with E-state index in [2.05, 4.69) is 15.9 Å². The van der Waals surface area contributed by atoms with Crippen molar-refractivity contribution < 1.29 is 4.39 Å². The summed E-state index contributed by atoms with van der Waals surface area (Å²) in [6, 6.07) is 6.64. The van der Waals surface area contributed by atoms with Crippen LogP contribution in [0.3, 0.4) is 0 Å². The van der Waals surface area contributed by atoms with Crippen molar-refractivity contribution in [3.8, 4) is 0 Å². The van der Waals surface area contributed by atoms with E-state index in [1.807, 2.05) is 13.0 Å². The van der Waals surface area contributed by atoms with E-state index in [0.717, 1.165) is 14.2 Å². The zero-order chi connectivity index (χ0) is 12.6. The average molecular weight is 354 g/mol. The lowest BCUT2D eigenvalue weighted by Gasteiger charge is -2.09. The van der Waals surface area contributed by atoms with Gasteiger partial charge in [-0.25, -0.2) is 4.39 Å². The fourth-order valence-electron chi connectivity index (χ4n) is 1.50. The zero-order valence-electron chi connectivity index (χ0n) is 8.81. The van der Waals surface area contributed by atoms with Crippen molar-refractivity contribution in [2.75, 3.05) is 0 Å². The Kier molecular flexibility index (Phi) is 4.14. The molecule has 1 heterocycles. The summed E-state index contributed by atoms with van der Waals surface area (Å²) in [5.74, 6) is -0.445. The lowest BCUT2D eigenvalue weighted by molar-refractivity contribution is 0.626. The smallest absolute Gasteiger partial charge is 0.142 e. The molecule has 17 heavy (non-hydrogen) atoms. The monoisotopic (exact) mass is 352 g/mol. The van der Waals surface area contributed by atoms with Crippen molar-refractivity contribution in [3.05, 3.63) is 54.9 Å². The molecule has 0 fully saturated rings. The summed E-state index contributed by atoms with van der Waals surface area (Å²) in [7, 11) is 0. The van der Waals surface area contributed by atoms with Gasteiger partial charge in [0, 0.05) is 14.2 Å². The number of hydrogen-bond acceptors (Lipinski definition) is 1. The molecular formula is C12H8BrCl2FS. The highest BCUT2D eigenvalue weighted by molar-refractivity contribution is 9.10. The van der Waals surface area contributed by atoms with Crippen LogP contribution in [-0.4, -0.2) is 0 Å². The highest BCUT2D eigenvalue weighted by atomic mass is 79.9. The van der Waals surface area contributed by atoms with E-state index in [4.69, 9.17) is 23.2 Å². The van der Waals surface area contributed by atoms with Gasteiger partial charge in [0.05, 0.1) is 10.4 Å². The molecule has 0 spiro atoms. The second kappa shape index (κ2) is 5.27. The van der Waals surface area contributed by atoms with Crippen LogP contribution >= 0.6 is 50.5 Å². The van der Waals surface area contributed by atoms with E-state index in [-0.39, 0.29) is 10.4 Å². The van der Waals surface area contributed by atoms with Crippen LogP contribution in [0.15, 0.2) is 28.7 Å². The third kappa shape index (κ3) is 2.84. The standard InChI is InChI=1S/C12H8BrCl2FS/c1-6-4-8(13)12(17-6)11(15)7-2-3-9(14)10(16)5-7/h2-5,11H,1H3. The lowest BCUT2D eigenvalue weighted by atomic mass is 10.1. The Hall–Kier alpha value is -0.0900. The molecule has 1 unspecified atom stereocenters. The third-order valence-electron chi connectivity index (χ3n) is 2.30. The molecule has 0 aliphatic carbocycles. The third-order valence-corrected chi connectivity index (χ3v) is 5.24. The highest BCUT2D eigenvalue weighted by Crippen LogP contribution is 2.39. The second-order valence-electron chi connectivity index (χ2n) is 3.61. The molecule has 1 aromatic carbocycles. The topological polar surface area (TPSA) is 0 Å². The number of aryl methyl sites for hydroxylation is 1. The normalized spacial score (nSPS) is 12.8. The van der Waals surface area contributed by atoms with Crippen molar-refractivity contribution in [3.63, 3.8) is 0 Å². The van der Waals surface area contributed by atoms with E-state index in [0.29, 0.717) is 5.56 Å². The summed E-state index contributed by atoms with van der Waals surface area (Å²) in [6.45, 7) is 2.00. The molecule has 0 bridgehead atoms. The van der Waals surface area contributed by atoms with Crippen molar-refractivity contribution >= 4 is 50.5 Å². The maximum absolute atomic E-state index is 13.4. The van der Waals surface area contributed by atoms with Crippen molar-refractivity contribution in [1.82, 2.24) is 0 Å². The van der Waals surface area contributed by atoms with Gasteiger partial charge in [-0.05, 0) is 46.6 Å². The Morgan fingerprint density at radius 1 is 1.35 bits per heavy atom. The van der Waals surface area contributed by atoms with Gasteiger partial charge in [0.15, 0.2) is 0 Å². The molecule has 1 aromatic heterocycles. The number of thiophene rings is 1. The molecule has 2 rings (SSSR count). The number of halogens is 4. The van der Waals surface area contributed by atoms with Gasteiger partial charge < -0.3 is 0 Å². The Bertz CT molecular complexity index is 553. The maximum atomic E-state index is 13.4. The summed E-state index contributed by atoms with van der Waals surface area (Å²) in [5, 5.41) is -0.256. The van der Waals surface area contributed by atoms with Gasteiger partial charge in [-0.15, -0.1) is 22.9 Å². The minimum absolute atomic E-state index is 0.110. The van der Waals surface area contributed by atoms with E-state index < -0.39 is 5.82 Å². The van der Waals surface area contributed by atoms with Crippen LogP contribution in [0.2, 0.25) is 5.02 Å². The fraction of sp³-hybridized carbons (Fsp3) is 0.167. The number of alkyl halides is 1. The number of benzene rings is 1. The first-order chi connectivity index (χ1) is 7.99. The van der Waals surface area contributed by atoms with E-state index in [9.17, 15) is 4.39 Å². The molecule has 0 saturated heterocycles. The summed E-state index contributed by atoms with van der Waals surface area (Å²) < 4.78 is 14.3. The second-order valence-corrected chi connectivity index (χ2v) is 6.59. The number of hydrogen-bond donors (Lipinski definition) is 0. The summed E-state index contributed by atoms with van der Waals surface area (Å²) in [4.78, 5) is 2.14. The molecule has 0 radical (unpaired) electrons. The van der Waals surface area contributed by atoms with E-state index in [1.165, 1.54) is 12.1 Å². The molecular weight excluding hydrogens is 346 g/mol. The summed E-state index contributed by atoms with van der Waals surface area (Å²) >= 11 is 17.0. The lowest BCUT2D eigenvalue weighted by Crippen LogP contribution is -1.92. The summed E-state index contributed by atoms with van der Waals surface area (Å²) in [6.07, 6.45) is 0. The molecule has 90 valence electrons. The first-order valence-corrected chi connectivity index (χ1v) is 7.26. The largest absolute Gasteiger partial charge is 0.205 e. The van der Waals surface area contributed by atoms with Gasteiger partial charge >= 0.3 is 0 Å². The van der Waals surface area contributed by atoms with Gasteiger partial charge in [-0.1, -0.05) is 17.7 Å². The van der Waals surface area contributed by atoms with Crippen molar-refractivity contribution in [2.45, 2.75) is 12.3 Å². The van der Waals surface area contributed by atoms with Gasteiger partial charge in [-0.2, -0.15) is 0 Å². The SMILES string of the molecule is Cc1cc(Br)c(C(Cl)c2ccc(Cl)c(F)c2)s1. The molecule has 0 aliphatic heterocycles. The zero-order valence-corrected chi connectivity index (χ0v) is 12.7. The Labute approximate surface area is 121 Å². The molecule has 0 amide bonds. The van der Waals surface area contributed by atoms with Gasteiger partial charge in [0.1, 0.15) is 5.82 Å². The quantitative estimate of drug-likeness (QED) is 0.586. The Balaban J connectivity index is 2.40. The predicted octanol–water partition coefficient (Wildman–Crippen LogP) is 5.94. The molecule has 0 nitrogen and oxygen atoms in total. The van der Waals surface area contributed by atoms with E-state index >= 15 is 0 Å². The van der Waals surface area contributed by atoms with Crippen LogP contribution in [-0.2, 0) is 0 Å². The Morgan fingerprint density at radius 2 is 2.06 bits per heavy atom. The molecule has 0 saturated carbocycles. The van der Waals surface area contributed by atoms with Gasteiger partial charge in [0.25, 0.3) is 0 Å². The predicted molar refractivity (Wildman–Crippen MR) is 75.9 cm³/mol. The highest BCUT2D eigenvalue weighted by Gasteiger charge is 2.17. The van der Waals surface area contributed by atoms with Crippen LogP contribution in [0.4, 0.5) is 4.39 Å². The van der Waals surface area contributed by atoms with Crippen molar-refractivity contribution in [2.24, 2.45) is 0 Å². The van der Waals surface area contributed by atoms with Crippen LogP contribution in [0, 0.1) is 12.7 Å². The van der Waals surface area contributed by atoms with Crippen LogP contribution in [0.5, 0.6) is 0 Å². The van der Waals surface area contributed by atoms with Crippen molar-refractivity contribution in [1.29, 1.82) is 0 Å². The maximum Gasteiger partial charge on any atom is 0.142 e. The Morgan fingerprint density at radius 3 is 2.59 bits per heavy atom. The molecule has 1 atom stereocenters. The summed E-state index contributed by atoms with van der Waals surface area (Å²) in [5.41, 5.74) is 0.705. The number of rotatable bonds is 2. The van der Waals surface area contributed by atoms with Crippen LogP contribution in [0.25, 0.3) is 0 Å². The minimum atomic E-state index is -0.445. The first-order valence-electron chi connectivity index (χ1n) is 4.84. The van der Waals surface area contributed by atoms with E-state index in [1.54, 1.807) is 17.4 Å².